The van der Waals surface area contributed by atoms with Crippen molar-refractivity contribution in [2.75, 3.05) is 6.61 Å². The molecule has 0 saturated carbocycles. The molecule has 0 spiro atoms. The molecule has 3 rings (SSSR count). The Hall–Kier alpha value is -1.36. The summed E-state index contributed by atoms with van der Waals surface area (Å²) in [5.74, 6) is 2.43. The highest BCUT2D eigenvalue weighted by molar-refractivity contribution is 9.09. The molecule has 1 aromatic heterocycles. The molecule has 4 nitrogen and oxygen atoms in total. The number of hydrogen-bond acceptors (Lipinski definition) is 4. The Bertz CT molecular complexity index is 570. The van der Waals surface area contributed by atoms with Crippen LogP contribution in [0.5, 0.6) is 5.75 Å². The van der Waals surface area contributed by atoms with E-state index in [2.05, 4.69) is 39.1 Å². The van der Waals surface area contributed by atoms with Crippen LogP contribution >= 0.6 is 15.9 Å². The minimum absolute atomic E-state index is 0.130. The number of nitrogens with zero attached hydrogens (tertiary/aromatic N) is 2. The maximum absolute atomic E-state index is 5.75. The molecule has 19 heavy (non-hydrogen) atoms. The zero-order valence-corrected chi connectivity index (χ0v) is 12.3. The van der Waals surface area contributed by atoms with Gasteiger partial charge < -0.3 is 9.15 Å². The summed E-state index contributed by atoms with van der Waals surface area (Å²) >= 11 is 3.52. The lowest BCUT2D eigenvalue weighted by molar-refractivity contribution is 0.239. The van der Waals surface area contributed by atoms with Gasteiger partial charge in [-0.1, -0.05) is 41.1 Å². The summed E-state index contributed by atoms with van der Waals surface area (Å²) in [5.41, 5.74) is 1.20. The molecule has 2 aromatic rings. The van der Waals surface area contributed by atoms with Crippen LogP contribution in [-0.2, 0) is 6.42 Å². The van der Waals surface area contributed by atoms with E-state index in [-0.39, 0.29) is 10.7 Å². The van der Waals surface area contributed by atoms with E-state index >= 15 is 0 Å². The highest BCUT2D eigenvalue weighted by Crippen LogP contribution is 2.33. The zero-order chi connectivity index (χ0) is 13.2. The van der Waals surface area contributed by atoms with Gasteiger partial charge in [-0.15, -0.1) is 10.2 Å². The number of benzene rings is 1. The Morgan fingerprint density at radius 2 is 2.21 bits per heavy atom. The van der Waals surface area contributed by atoms with E-state index in [4.69, 9.17) is 9.15 Å². The maximum atomic E-state index is 5.75. The van der Waals surface area contributed by atoms with Crippen molar-refractivity contribution in [3.63, 3.8) is 0 Å². The fourth-order valence-electron chi connectivity index (χ4n) is 2.20. The summed E-state index contributed by atoms with van der Waals surface area (Å²) in [6, 6.07) is 8.09. The van der Waals surface area contributed by atoms with Crippen molar-refractivity contribution in [2.24, 2.45) is 0 Å². The van der Waals surface area contributed by atoms with Crippen LogP contribution in [0, 0.1) is 0 Å². The molecule has 1 aliphatic rings. The fraction of sp³-hybridized carbons (Fsp3) is 0.429. The predicted octanol–water partition coefficient (Wildman–Crippen LogP) is 3.63. The van der Waals surface area contributed by atoms with E-state index < -0.39 is 0 Å². The molecule has 2 unspecified atom stereocenters. The van der Waals surface area contributed by atoms with Crippen LogP contribution in [0.15, 0.2) is 28.7 Å². The highest BCUT2D eigenvalue weighted by atomic mass is 79.9. The number of halogens is 1. The van der Waals surface area contributed by atoms with Crippen molar-refractivity contribution < 1.29 is 9.15 Å². The smallest absolute Gasteiger partial charge is 0.230 e. The Balaban J connectivity index is 1.79. The summed E-state index contributed by atoms with van der Waals surface area (Å²) in [7, 11) is 0. The Kier molecular flexibility index (Phi) is 3.55. The van der Waals surface area contributed by atoms with Crippen molar-refractivity contribution in [2.45, 2.75) is 30.5 Å². The first-order chi connectivity index (χ1) is 9.28. The maximum Gasteiger partial charge on any atom is 0.230 e. The molecule has 0 bridgehead atoms. The van der Waals surface area contributed by atoms with Gasteiger partial charge in [0.1, 0.15) is 12.4 Å². The molecule has 0 fully saturated rings. The fourth-order valence-corrected chi connectivity index (χ4v) is 2.38. The van der Waals surface area contributed by atoms with E-state index in [0.717, 1.165) is 18.6 Å². The molecule has 0 aliphatic carbocycles. The summed E-state index contributed by atoms with van der Waals surface area (Å²) in [6.07, 6.45) is 1.81. The first kappa shape index (κ1) is 12.7. The Labute approximate surface area is 120 Å². The van der Waals surface area contributed by atoms with Gasteiger partial charge in [0.2, 0.25) is 11.8 Å². The van der Waals surface area contributed by atoms with E-state index in [1.807, 2.05) is 18.2 Å². The molecule has 2 heterocycles. The van der Waals surface area contributed by atoms with Gasteiger partial charge in [-0.05, 0) is 24.5 Å². The summed E-state index contributed by atoms with van der Waals surface area (Å²) in [5, 5.41) is 8.25. The average molecular weight is 323 g/mol. The van der Waals surface area contributed by atoms with Gasteiger partial charge in [-0.3, -0.25) is 0 Å². The first-order valence-electron chi connectivity index (χ1n) is 6.46. The number of para-hydroxylation sites is 1. The van der Waals surface area contributed by atoms with Gasteiger partial charge in [0, 0.05) is 0 Å². The van der Waals surface area contributed by atoms with Gasteiger partial charge >= 0.3 is 0 Å². The minimum atomic E-state index is 0.130. The van der Waals surface area contributed by atoms with E-state index in [1.54, 1.807) is 0 Å². The van der Waals surface area contributed by atoms with Gasteiger partial charge in [0.15, 0.2) is 0 Å². The molecule has 2 atom stereocenters. The first-order valence-corrected chi connectivity index (χ1v) is 7.37. The molecule has 100 valence electrons. The van der Waals surface area contributed by atoms with Crippen molar-refractivity contribution in [3.05, 3.63) is 41.6 Å². The third-order valence-corrected chi connectivity index (χ3v) is 4.35. The van der Waals surface area contributed by atoms with E-state index in [0.29, 0.717) is 18.4 Å². The second kappa shape index (κ2) is 5.33. The molecular weight excluding hydrogens is 308 g/mol. The van der Waals surface area contributed by atoms with Crippen LogP contribution in [0.1, 0.15) is 41.4 Å². The number of fused-ring (bicyclic) bond motifs is 1. The van der Waals surface area contributed by atoms with Crippen molar-refractivity contribution in [3.8, 4) is 5.75 Å². The molecule has 0 radical (unpaired) electrons. The van der Waals surface area contributed by atoms with Crippen molar-refractivity contribution in [1.82, 2.24) is 10.2 Å². The van der Waals surface area contributed by atoms with Gasteiger partial charge in [-0.2, -0.15) is 0 Å². The van der Waals surface area contributed by atoms with Crippen LogP contribution in [0.2, 0.25) is 0 Å². The quantitative estimate of drug-likeness (QED) is 0.809. The van der Waals surface area contributed by atoms with Gasteiger partial charge in [0.05, 0.1) is 10.7 Å². The van der Waals surface area contributed by atoms with Crippen molar-refractivity contribution >= 4 is 15.9 Å². The second-order valence-electron chi connectivity index (χ2n) is 4.67. The van der Waals surface area contributed by atoms with Gasteiger partial charge in [-0.25, -0.2) is 0 Å². The van der Waals surface area contributed by atoms with Crippen LogP contribution < -0.4 is 4.74 Å². The van der Waals surface area contributed by atoms with Crippen molar-refractivity contribution in [1.29, 1.82) is 0 Å². The summed E-state index contributed by atoms with van der Waals surface area (Å²) in [6.45, 7) is 2.67. The molecule has 1 aromatic carbocycles. The van der Waals surface area contributed by atoms with Crippen LogP contribution in [0.4, 0.5) is 0 Å². The zero-order valence-electron chi connectivity index (χ0n) is 10.7. The third kappa shape index (κ3) is 2.52. The number of ether oxygens (including phenoxy) is 1. The molecular formula is C14H15BrN2O2. The third-order valence-electron chi connectivity index (χ3n) is 3.31. The number of aromatic nitrogens is 2. The number of hydrogen-bond donors (Lipinski definition) is 0. The topological polar surface area (TPSA) is 48.2 Å². The molecule has 0 amide bonds. The summed E-state index contributed by atoms with van der Waals surface area (Å²) < 4.78 is 11.5. The number of rotatable bonds is 3. The standard InChI is InChI=1S/C14H15BrN2O2/c1-2-11(15)14-17-16-13(19-14)10-7-9-5-3-4-6-12(9)18-8-10/h3-6,10-11H,2,7-8H2,1H3. The van der Waals surface area contributed by atoms with E-state index in [9.17, 15) is 0 Å². The SMILES string of the molecule is CCC(Br)c1nnc(C2COc3ccccc3C2)o1. The Morgan fingerprint density at radius 3 is 3.05 bits per heavy atom. The van der Waals surface area contributed by atoms with E-state index in [1.165, 1.54) is 5.56 Å². The average Bonchev–Trinajstić information content (AvgIpc) is 2.95. The Morgan fingerprint density at radius 1 is 1.37 bits per heavy atom. The number of alkyl halides is 1. The highest BCUT2D eigenvalue weighted by Gasteiger charge is 2.26. The normalized spacial score (nSPS) is 19.6. The molecule has 5 heteroatoms. The second-order valence-corrected chi connectivity index (χ2v) is 5.78. The minimum Gasteiger partial charge on any atom is -0.492 e. The predicted molar refractivity (Wildman–Crippen MR) is 74.6 cm³/mol. The van der Waals surface area contributed by atoms with Gasteiger partial charge in [0.25, 0.3) is 0 Å². The molecule has 0 N–H and O–H groups in total. The lowest BCUT2D eigenvalue weighted by Crippen LogP contribution is -2.19. The molecule has 0 saturated heterocycles. The molecule has 1 aliphatic heterocycles. The largest absolute Gasteiger partial charge is 0.492 e. The monoisotopic (exact) mass is 322 g/mol. The summed E-state index contributed by atoms with van der Waals surface area (Å²) in [4.78, 5) is 0.130. The lowest BCUT2D eigenvalue weighted by atomic mass is 9.97. The van der Waals surface area contributed by atoms with Crippen LogP contribution in [0.3, 0.4) is 0 Å². The van der Waals surface area contributed by atoms with Crippen LogP contribution in [0.25, 0.3) is 0 Å². The van der Waals surface area contributed by atoms with Crippen LogP contribution in [-0.4, -0.2) is 16.8 Å². The lowest BCUT2D eigenvalue weighted by Gasteiger charge is -2.22.